The number of anilines is 3. The second-order valence-electron chi connectivity index (χ2n) is 5.12. The lowest BCUT2D eigenvalue weighted by Crippen LogP contribution is -2.14. The Hall–Kier alpha value is -2.18. The van der Waals surface area contributed by atoms with Gasteiger partial charge in [0, 0.05) is 20.9 Å². The van der Waals surface area contributed by atoms with Gasteiger partial charge >= 0.3 is 0 Å². The Morgan fingerprint density at radius 1 is 1.16 bits per heavy atom. The van der Waals surface area contributed by atoms with E-state index < -0.39 is 20.7 Å². The standard InChI is InChI=1S/C15H12FIN4O3S/c16-11-6-12(20-9-3-1-8(17)2-4-9)10(5-14(11)25(19,22)23)13-7-15(18)21-24-13/h1-7,20H,(H2,18,21)(H2,19,22,23). The van der Waals surface area contributed by atoms with Crippen molar-refractivity contribution in [2.45, 2.75) is 4.90 Å². The molecule has 0 unspecified atom stereocenters. The average molecular weight is 474 g/mol. The zero-order chi connectivity index (χ0) is 18.2. The summed E-state index contributed by atoms with van der Waals surface area (Å²) in [7, 11) is -4.25. The Morgan fingerprint density at radius 3 is 2.40 bits per heavy atom. The van der Waals surface area contributed by atoms with Crippen molar-refractivity contribution in [3.63, 3.8) is 0 Å². The molecule has 1 aromatic heterocycles. The smallest absolute Gasteiger partial charge is 0.240 e. The first-order valence-electron chi connectivity index (χ1n) is 6.85. The maximum atomic E-state index is 14.2. The summed E-state index contributed by atoms with van der Waals surface area (Å²) in [4.78, 5) is -0.648. The van der Waals surface area contributed by atoms with E-state index in [1.54, 1.807) is 12.1 Å². The number of hydrogen-bond acceptors (Lipinski definition) is 6. The van der Waals surface area contributed by atoms with E-state index in [1.807, 2.05) is 12.1 Å². The molecule has 0 saturated carbocycles. The summed E-state index contributed by atoms with van der Waals surface area (Å²) >= 11 is 2.16. The normalized spacial score (nSPS) is 11.5. The first-order chi connectivity index (χ1) is 11.7. The number of nitrogens with two attached hydrogens (primary N) is 2. The van der Waals surface area contributed by atoms with Gasteiger partial charge in [-0.15, -0.1) is 0 Å². The lowest BCUT2D eigenvalue weighted by Gasteiger charge is -2.13. The SMILES string of the molecule is Nc1cc(-c2cc(S(N)(=O)=O)c(F)cc2Nc2ccc(I)cc2)on1. The van der Waals surface area contributed by atoms with E-state index in [0.717, 1.165) is 15.7 Å². The summed E-state index contributed by atoms with van der Waals surface area (Å²) in [5.74, 6) is -0.696. The molecule has 130 valence electrons. The Morgan fingerprint density at radius 2 is 1.84 bits per heavy atom. The average Bonchev–Trinajstić information content (AvgIpc) is 2.95. The summed E-state index contributed by atoms with van der Waals surface area (Å²) in [6.45, 7) is 0. The minimum absolute atomic E-state index is 0.108. The number of nitrogens with one attached hydrogen (secondary N) is 1. The molecule has 5 N–H and O–H groups in total. The first kappa shape index (κ1) is 17.6. The molecule has 0 amide bonds. The van der Waals surface area contributed by atoms with Crippen LogP contribution in [0.2, 0.25) is 0 Å². The molecule has 0 radical (unpaired) electrons. The van der Waals surface area contributed by atoms with E-state index in [0.29, 0.717) is 5.69 Å². The van der Waals surface area contributed by atoms with Crippen LogP contribution in [0, 0.1) is 9.39 Å². The van der Waals surface area contributed by atoms with E-state index in [2.05, 4.69) is 33.1 Å². The van der Waals surface area contributed by atoms with Crippen molar-refractivity contribution in [2.75, 3.05) is 11.1 Å². The highest BCUT2D eigenvalue weighted by Crippen LogP contribution is 2.34. The predicted octanol–water partition coefficient (Wildman–Crippen LogP) is 3.06. The Kier molecular flexibility index (Phi) is 4.67. The van der Waals surface area contributed by atoms with Crippen LogP contribution in [-0.4, -0.2) is 13.6 Å². The van der Waals surface area contributed by atoms with Crippen molar-refractivity contribution in [1.82, 2.24) is 5.16 Å². The molecule has 0 saturated heterocycles. The highest BCUT2D eigenvalue weighted by Gasteiger charge is 2.21. The molecular formula is C15H12FIN4O3S. The maximum absolute atomic E-state index is 14.2. The van der Waals surface area contributed by atoms with Crippen molar-refractivity contribution in [2.24, 2.45) is 5.14 Å². The van der Waals surface area contributed by atoms with Crippen LogP contribution < -0.4 is 16.2 Å². The summed E-state index contributed by atoms with van der Waals surface area (Å²) in [6, 6.07) is 10.8. The quantitative estimate of drug-likeness (QED) is 0.500. The fourth-order valence-corrected chi connectivity index (χ4v) is 3.16. The van der Waals surface area contributed by atoms with Gasteiger partial charge in [0.05, 0.1) is 5.69 Å². The Balaban J connectivity index is 2.15. The highest BCUT2D eigenvalue weighted by atomic mass is 127. The van der Waals surface area contributed by atoms with Gasteiger partial charge in [0.25, 0.3) is 0 Å². The van der Waals surface area contributed by atoms with Crippen molar-refractivity contribution < 1.29 is 17.3 Å². The minimum Gasteiger partial charge on any atom is -0.381 e. The van der Waals surface area contributed by atoms with Crippen molar-refractivity contribution >= 4 is 49.8 Å². The highest BCUT2D eigenvalue weighted by molar-refractivity contribution is 14.1. The third kappa shape index (κ3) is 3.91. The zero-order valence-corrected chi connectivity index (χ0v) is 15.5. The Labute approximate surface area is 156 Å². The molecule has 0 fully saturated rings. The largest absolute Gasteiger partial charge is 0.381 e. The second kappa shape index (κ2) is 6.61. The molecule has 0 spiro atoms. The molecule has 3 rings (SSSR count). The molecule has 7 nitrogen and oxygen atoms in total. The van der Waals surface area contributed by atoms with Crippen LogP contribution in [0.5, 0.6) is 0 Å². The van der Waals surface area contributed by atoms with Gasteiger partial charge in [-0.2, -0.15) is 0 Å². The van der Waals surface area contributed by atoms with Crippen LogP contribution in [0.1, 0.15) is 0 Å². The van der Waals surface area contributed by atoms with Crippen molar-refractivity contribution in [1.29, 1.82) is 0 Å². The molecule has 0 atom stereocenters. The Bertz CT molecular complexity index is 1040. The second-order valence-corrected chi connectivity index (χ2v) is 7.90. The van der Waals surface area contributed by atoms with Crippen LogP contribution in [0.4, 0.5) is 21.6 Å². The van der Waals surface area contributed by atoms with E-state index in [9.17, 15) is 12.8 Å². The number of aromatic nitrogens is 1. The van der Waals surface area contributed by atoms with E-state index >= 15 is 0 Å². The molecule has 0 bridgehead atoms. The van der Waals surface area contributed by atoms with Gasteiger partial charge in [0.15, 0.2) is 11.6 Å². The number of nitrogens with zero attached hydrogens (tertiary/aromatic N) is 1. The fourth-order valence-electron chi connectivity index (χ4n) is 2.18. The molecule has 3 aromatic rings. The zero-order valence-electron chi connectivity index (χ0n) is 12.5. The van der Waals surface area contributed by atoms with Gasteiger partial charge < -0.3 is 15.6 Å². The number of hydrogen-bond donors (Lipinski definition) is 3. The molecule has 10 heteroatoms. The number of rotatable bonds is 4. The number of sulfonamides is 1. The lowest BCUT2D eigenvalue weighted by molar-refractivity contribution is 0.435. The number of primary sulfonamides is 1. The fraction of sp³-hybridized carbons (Fsp3) is 0. The van der Waals surface area contributed by atoms with Gasteiger partial charge in [-0.3, -0.25) is 0 Å². The van der Waals surface area contributed by atoms with Crippen LogP contribution in [-0.2, 0) is 10.0 Å². The molecule has 1 heterocycles. The van der Waals surface area contributed by atoms with Gasteiger partial charge in [-0.25, -0.2) is 17.9 Å². The molecule has 0 aliphatic carbocycles. The van der Waals surface area contributed by atoms with E-state index in [-0.39, 0.29) is 22.8 Å². The van der Waals surface area contributed by atoms with Crippen LogP contribution >= 0.6 is 22.6 Å². The van der Waals surface area contributed by atoms with Gasteiger partial charge in [-0.05, 0) is 59.0 Å². The van der Waals surface area contributed by atoms with E-state index in [4.69, 9.17) is 15.4 Å². The molecule has 25 heavy (non-hydrogen) atoms. The first-order valence-corrected chi connectivity index (χ1v) is 9.48. The van der Waals surface area contributed by atoms with Crippen molar-refractivity contribution in [3.05, 3.63) is 51.9 Å². The van der Waals surface area contributed by atoms with Gasteiger partial charge in [-0.1, -0.05) is 5.16 Å². The number of halogens is 2. The van der Waals surface area contributed by atoms with Crippen LogP contribution in [0.25, 0.3) is 11.3 Å². The van der Waals surface area contributed by atoms with Gasteiger partial charge in [0.2, 0.25) is 10.0 Å². The monoisotopic (exact) mass is 474 g/mol. The van der Waals surface area contributed by atoms with Crippen LogP contribution in [0.15, 0.2) is 51.9 Å². The minimum atomic E-state index is -4.25. The third-order valence-corrected chi connectivity index (χ3v) is 4.94. The van der Waals surface area contributed by atoms with Crippen molar-refractivity contribution in [3.8, 4) is 11.3 Å². The van der Waals surface area contributed by atoms with Gasteiger partial charge in [0.1, 0.15) is 10.7 Å². The molecular weight excluding hydrogens is 462 g/mol. The molecule has 0 aliphatic rings. The predicted molar refractivity (Wildman–Crippen MR) is 100 cm³/mol. The summed E-state index contributed by atoms with van der Waals surface area (Å²) in [5, 5.41) is 11.7. The number of nitrogen functional groups attached to an aromatic ring is 1. The summed E-state index contributed by atoms with van der Waals surface area (Å²) < 4.78 is 43.5. The summed E-state index contributed by atoms with van der Waals surface area (Å²) in [6.07, 6.45) is 0. The molecule has 0 aliphatic heterocycles. The number of benzene rings is 2. The molecule has 2 aromatic carbocycles. The summed E-state index contributed by atoms with van der Waals surface area (Å²) in [5.41, 5.74) is 6.76. The maximum Gasteiger partial charge on any atom is 0.240 e. The van der Waals surface area contributed by atoms with E-state index in [1.165, 1.54) is 6.07 Å². The van der Waals surface area contributed by atoms with Crippen LogP contribution in [0.3, 0.4) is 0 Å². The lowest BCUT2D eigenvalue weighted by atomic mass is 10.1. The third-order valence-electron chi connectivity index (χ3n) is 3.30. The topological polar surface area (TPSA) is 124 Å².